The third-order valence-electron chi connectivity index (χ3n) is 6.00. The molecule has 0 atom stereocenters. The maximum absolute atomic E-state index is 13.6. The van der Waals surface area contributed by atoms with Crippen molar-refractivity contribution in [2.75, 3.05) is 24.1 Å². The van der Waals surface area contributed by atoms with Gasteiger partial charge in [0.2, 0.25) is 6.79 Å². The number of anilines is 1. The Morgan fingerprint density at radius 3 is 2.38 bits per heavy atom. The number of thiocarbonyl (C=S) groups is 1. The van der Waals surface area contributed by atoms with E-state index in [-0.39, 0.29) is 31.6 Å². The number of rotatable bonds is 8. The van der Waals surface area contributed by atoms with Crippen molar-refractivity contribution in [3.8, 4) is 11.5 Å². The molecule has 0 bridgehead atoms. The first kappa shape index (κ1) is 30.1. The smallest absolute Gasteiger partial charge is 0.323 e. The number of carboxylic acid groups (broad SMARTS) is 2. The van der Waals surface area contributed by atoms with Crippen LogP contribution in [0.15, 0.2) is 32.9 Å². The molecule has 1 saturated heterocycles. The van der Waals surface area contributed by atoms with E-state index >= 15 is 0 Å². The van der Waals surface area contributed by atoms with E-state index in [0.29, 0.717) is 32.7 Å². The van der Waals surface area contributed by atoms with Gasteiger partial charge in [0.15, 0.2) is 11.5 Å². The average molecular weight is 673 g/mol. The molecule has 0 spiro atoms. The second-order valence-corrected chi connectivity index (χ2v) is 13.8. The lowest BCUT2D eigenvalue weighted by Crippen LogP contribution is -2.37. The molecule has 1 aromatic heterocycles. The lowest BCUT2D eigenvalue weighted by molar-refractivity contribution is -0.140. The number of thiazole rings is 1. The van der Waals surface area contributed by atoms with E-state index in [1.807, 2.05) is 0 Å². The van der Waals surface area contributed by atoms with Gasteiger partial charge >= 0.3 is 11.9 Å². The second-order valence-electron chi connectivity index (χ2n) is 8.75. The lowest BCUT2D eigenvalue weighted by Gasteiger charge is -2.22. The van der Waals surface area contributed by atoms with Crippen molar-refractivity contribution in [1.82, 2.24) is 9.47 Å². The fourth-order valence-electron chi connectivity index (χ4n) is 4.23. The van der Waals surface area contributed by atoms with Crippen molar-refractivity contribution in [3.05, 3.63) is 42.8 Å². The van der Waals surface area contributed by atoms with Crippen LogP contribution in [0.25, 0.3) is 10.5 Å². The van der Waals surface area contributed by atoms with Crippen LogP contribution < -0.4 is 29.1 Å². The van der Waals surface area contributed by atoms with Crippen molar-refractivity contribution in [1.29, 1.82) is 0 Å². The zero-order valence-corrected chi connectivity index (χ0v) is 25.3. The van der Waals surface area contributed by atoms with Crippen LogP contribution in [0.2, 0.25) is 0 Å². The van der Waals surface area contributed by atoms with Gasteiger partial charge in [-0.2, -0.15) is 0 Å². The van der Waals surface area contributed by atoms with Crippen molar-refractivity contribution in [2.24, 2.45) is 0 Å². The van der Waals surface area contributed by atoms with Gasteiger partial charge in [0.25, 0.3) is 11.5 Å². The maximum atomic E-state index is 13.6. The molecule has 2 aromatic rings. The molecule has 0 radical (unpaired) electrons. The molecule has 0 unspecified atom stereocenters. The minimum atomic E-state index is -4.76. The number of aliphatic carboxylic acids is 2. The molecular formula is C23H18N3O11S5-. The largest absolute Gasteiger partial charge is 0.747 e. The molecule has 19 heteroatoms. The maximum Gasteiger partial charge on any atom is 0.323 e. The summed E-state index contributed by atoms with van der Waals surface area (Å²) in [7, 11) is -4.76. The number of hydrogen-bond donors (Lipinski definition) is 2. The molecule has 0 saturated carbocycles. The number of amides is 1. The summed E-state index contributed by atoms with van der Waals surface area (Å²) in [5, 5.41) is 18.9. The van der Waals surface area contributed by atoms with Crippen LogP contribution in [0, 0.1) is 0 Å². The summed E-state index contributed by atoms with van der Waals surface area (Å²) in [4.78, 5) is 52.1. The Balaban J connectivity index is 1.70. The minimum absolute atomic E-state index is 0.0128. The van der Waals surface area contributed by atoms with E-state index in [1.165, 1.54) is 11.0 Å². The first-order valence-electron chi connectivity index (χ1n) is 11.8. The summed E-state index contributed by atoms with van der Waals surface area (Å²) in [5.41, 5.74) is 0.0370. The number of carbonyl (C=O) groups is 3. The SMILES string of the molecule is CCC(/C=C1\Sc2cc3c(cc2N1CS(=O)(=O)[O-])OCO3)=c1\s/c(=C2\SC(=S)N(CC(=O)O)C2=O)n(CC(=O)O)c1=O. The molecule has 5 rings (SSSR count). The summed E-state index contributed by atoms with van der Waals surface area (Å²) in [5.74, 6) is -3.54. The Morgan fingerprint density at radius 1 is 1.10 bits per heavy atom. The predicted octanol–water partition coefficient (Wildman–Crippen LogP) is 0.293. The Hall–Kier alpha value is -3.36. The number of hydrogen-bond acceptors (Lipinski definition) is 14. The summed E-state index contributed by atoms with van der Waals surface area (Å²) in [6.07, 6.45) is 1.75. The fraction of sp³-hybridized carbons (Fsp3) is 0.261. The van der Waals surface area contributed by atoms with E-state index in [4.69, 9.17) is 26.8 Å². The highest BCUT2D eigenvalue weighted by atomic mass is 32.2. The third-order valence-corrected chi connectivity index (χ3v) is 10.5. The van der Waals surface area contributed by atoms with Gasteiger partial charge in [-0.1, -0.05) is 42.7 Å². The summed E-state index contributed by atoms with van der Waals surface area (Å²) < 4.78 is 47.1. The van der Waals surface area contributed by atoms with Crippen LogP contribution in [-0.2, 0) is 31.0 Å². The lowest BCUT2D eigenvalue weighted by atomic mass is 10.2. The Morgan fingerprint density at radius 2 is 1.76 bits per heavy atom. The zero-order chi connectivity index (χ0) is 30.5. The van der Waals surface area contributed by atoms with E-state index in [2.05, 4.69) is 0 Å². The molecule has 222 valence electrons. The number of aromatic nitrogens is 1. The molecule has 1 amide bonds. The van der Waals surface area contributed by atoms with Gasteiger partial charge < -0.3 is 29.1 Å². The number of nitrogens with zero attached hydrogens (tertiary/aromatic N) is 3. The van der Waals surface area contributed by atoms with Crippen molar-refractivity contribution in [2.45, 2.75) is 24.8 Å². The summed E-state index contributed by atoms with van der Waals surface area (Å²) >= 11 is 7.87. The quantitative estimate of drug-likeness (QED) is 0.287. The van der Waals surface area contributed by atoms with Crippen LogP contribution in [0.4, 0.5) is 5.69 Å². The third kappa shape index (κ3) is 5.79. The molecule has 3 aliphatic rings. The Labute approximate surface area is 254 Å². The number of thioether (sulfide) groups is 2. The van der Waals surface area contributed by atoms with Crippen LogP contribution in [0.5, 0.6) is 11.5 Å². The van der Waals surface area contributed by atoms with Gasteiger partial charge in [0.05, 0.1) is 15.2 Å². The number of ether oxygens (including phenoxy) is 2. The molecule has 1 fully saturated rings. The van der Waals surface area contributed by atoms with Crippen molar-refractivity contribution >= 4 is 95.5 Å². The monoisotopic (exact) mass is 672 g/mol. The second kappa shape index (κ2) is 11.4. The van der Waals surface area contributed by atoms with Gasteiger partial charge in [0.1, 0.15) is 43.0 Å². The average Bonchev–Trinajstić information content (AvgIpc) is 3.63. The minimum Gasteiger partial charge on any atom is -0.747 e. The van der Waals surface area contributed by atoms with Gasteiger partial charge in [0, 0.05) is 17.0 Å². The normalized spacial score (nSPS) is 19.1. The van der Waals surface area contributed by atoms with Crippen LogP contribution in [-0.4, -0.2) is 74.0 Å². The summed E-state index contributed by atoms with van der Waals surface area (Å²) in [6, 6.07) is 3.20. The molecular weight excluding hydrogens is 655 g/mol. The van der Waals surface area contributed by atoms with Crippen molar-refractivity contribution < 1.29 is 47.0 Å². The molecule has 14 nitrogen and oxygen atoms in total. The number of carbonyl (C=O) groups excluding carboxylic acids is 1. The van der Waals surface area contributed by atoms with Gasteiger partial charge in [-0.15, -0.1) is 11.3 Å². The Kier molecular flexibility index (Phi) is 8.16. The standard InChI is InChI=1S/C23H19N3O11S5/c1-2-10(3-15-26(8-42(33,34)35)11-4-12-13(37-9-36-12)5-14(11)39-15)18-20(31)24(6-16(27)28)22(40-18)19-21(32)25(7-17(29)30)23(38)41-19/h3-5H,2,6-9H2,1H3,(H,27,28)(H,29,30)(H,33,34,35)/p-1/b15-3-,18-10+,22-19-. The van der Waals surface area contributed by atoms with E-state index < -0.39 is 52.5 Å². The number of carboxylic acids is 2. The first-order valence-corrected chi connectivity index (χ1v) is 16.2. The number of allylic oxidation sites excluding steroid dienone is 1. The molecule has 0 aliphatic carbocycles. The van der Waals surface area contributed by atoms with E-state index in [9.17, 15) is 37.3 Å². The molecule has 42 heavy (non-hydrogen) atoms. The fourth-order valence-corrected chi connectivity index (χ4v) is 8.68. The molecule has 2 N–H and O–H groups in total. The van der Waals surface area contributed by atoms with E-state index in [0.717, 1.165) is 44.3 Å². The van der Waals surface area contributed by atoms with Crippen LogP contribution in [0.3, 0.4) is 0 Å². The highest BCUT2D eigenvalue weighted by Crippen LogP contribution is 2.51. The van der Waals surface area contributed by atoms with Gasteiger partial charge in [-0.3, -0.25) is 28.6 Å². The first-order chi connectivity index (χ1) is 19.8. The predicted molar refractivity (Wildman–Crippen MR) is 156 cm³/mol. The molecule has 4 heterocycles. The number of benzene rings is 1. The van der Waals surface area contributed by atoms with Gasteiger partial charge in [-0.05, 0) is 18.1 Å². The van der Waals surface area contributed by atoms with Crippen molar-refractivity contribution in [3.63, 3.8) is 0 Å². The van der Waals surface area contributed by atoms with E-state index in [1.54, 1.807) is 19.1 Å². The topological polar surface area (TPSA) is 196 Å². The highest BCUT2D eigenvalue weighted by Gasteiger charge is 2.36. The Bertz CT molecular complexity index is 1890. The van der Waals surface area contributed by atoms with Crippen LogP contribution >= 0.6 is 47.1 Å². The molecule has 3 aliphatic heterocycles. The summed E-state index contributed by atoms with van der Waals surface area (Å²) in [6.45, 7) is 0.217. The van der Waals surface area contributed by atoms with Gasteiger partial charge in [-0.25, -0.2) is 8.42 Å². The van der Waals surface area contributed by atoms with Crippen LogP contribution in [0.1, 0.15) is 13.3 Å². The molecule has 1 aromatic carbocycles. The highest BCUT2D eigenvalue weighted by molar-refractivity contribution is 8.30. The zero-order valence-electron chi connectivity index (χ0n) is 21.2. The number of fused-ring (bicyclic) bond motifs is 2.